The number of carbonyl (C=O) groups excluding carboxylic acids is 3. The molecule has 1 aliphatic heterocycles. The van der Waals surface area contributed by atoms with Crippen LogP contribution in [0.3, 0.4) is 0 Å². The summed E-state index contributed by atoms with van der Waals surface area (Å²) >= 11 is 7.44. The molecule has 3 rings (SSSR count). The minimum Gasteiger partial charge on any atom is -0.372 e. The Bertz CT molecular complexity index is 1020. The number of halogens is 1. The highest BCUT2D eigenvalue weighted by Gasteiger charge is 2.26. The van der Waals surface area contributed by atoms with Gasteiger partial charge in [0.2, 0.25) is 11.8 Å². The first-order valence-corrected chi connectivity index (χ1v) is 12.6. The molecule has 0 spiro atoms. The third-order valence-electron chi connectivity index (χ3n) is 5.21. The lowest BCUT2D eigenvalue weighted by Gasteiger charge is -2.35. The quantitative estimate of drug-likeness (QED) is 0.589. The molecule has 1 fully saturated rings. The topological polar surface area (TPSA) is 91.8 Å². The van der Waals surface area contributed by atoms with Crippen LogP contribution in [0.2, 0.25) is 5.02 Å². The molecular weight excluding hydrogens is 476 g/mol. The number of benzene rings is 1. The molecule has 184 valence electrons. The Morgan fingerprint density at radius 1 is 1.24 bits per heavy atom. The molecular formula is C24H31ClN4O4S. The zero-order valence-electron chi connectivity index (χ0n) is 19.9. The van der Waals surface area contributed by atoms with Crippen molar-refractivity contribution in [3.8, 4) is 0 Å². The second-order valence-electron chi connectivity index (χ2n) is 8.98. The van der Waals surface area contributed by atoms with E-state index in [2.05, 4.69) is 10.3 Å². The fraction of sp³-hybridized carbons (Fsp3) is 0.500. The molecule has 3 amide bonds. The van der Waals surface area contributed by atoms with Crippen LogP contribution in [0.1, 0.15) is 43.7 Å². The summed E-state index contributed by atoms with van der Waals surface area (Å²) in [5.74, 6) is -0.501. The molecule has 1 N–H and O–H groups in total. The van der Waals surface area contributed by atoms with Crippen LogP contribution in [0, 0.1) is 5.92 Å². The molecule has 2 aromatic rings. The highest BCUT2D eigenvalue weighted by atomic mass is 35.5. The van der Waals surface area contributed by atoms with Gasteiger partial charge in [-0.25, -0.2) is 4.98 Å². The first kappa shape index (κ1) is 26.1. The van der Waals surface area contributed by atoms with Gasteiger partial charge in [0, 0.05) is 25.0 Å². The number of nitrogens with zero attached hydrogens (tertiary/aromatic N) is 3. The summed E-state index contributed by atoms with van der Waals surface area (Å²) < 4.78 is 5.68. The first-order valence-electron chi connectivity index (χ1n) is 11.3. The molecule has 1 aromatic carbocycles. The predicted molar refractivity (Wildman–Crippen MR) is 133 cm³/mol. The summed E-state index contributed by atoms with van der Waals surface area (Å²) in [4.78, 5) is 46.1. The van der Waals surface area contributed by atoms with Crippen LogP contribution >= 0.6 is 22.9 Å². The van der Waals surface area contributed by atoms with Gasteiger partial charge < -0.3 is 19.9 Å². The summed E-state index contributed by atoms with van der Waals surface area (Å²) in [5.41, 5.74) is 0.961. The number of hydrogen-bond acceptors (Lipinski definition) is 6. The lowest BCUT2D eigenvalue weighted by molar-refractivity contribution is -0.142. The summed E-state index contributed by atoms with van der Waals surface area (Å²) in [5, 5.41) is 5.26. The summed E-state index contributed by atoms with van der Waals surface area (Å²) in [6.45, 7) is 9.25. The minimum absolute atomic E-state index is 0.000227. The molecule has 2 heterocycles. The molecule has 1 saturated heterocycles. The normalized spacial score (nSPS) is 18.1. The van der Waals surface area contributed by atoms with Crippen LogP contribution in [0.5, 0.6) is 0 Å². The van der Waals surface area contributed by atoms with Crippen molar-refractivity contribution in [1.82, 2.24) is 14.8 Å². The predicted octanol–water partition coefficient (Wildman–Crippen LogP) is 3.71. The number of hydrogen-bond donors (Lipinski definition) is 1. The van der Waals surface area contributed by atoms with Gasteiger partial charge in [0.1, 0.15) is 6.54 Å². The molecule has 1 aromatic heterocycles. The third kappa shape index (κ3) is 7.25. The zero-order valence-corrected chi connectivity index (χ0v) is 21.5. The highest BCUT2D eigenvalue weighted by molar-refractivity contribution is 7.13. The van der Waals surface area contributed by atoms with E-state index in [-0.39, 0.29) is 48.8 Å². The van der Waals surface area contributed by atoms with Gasteiger partial charge in [0.25, 0.3) is 5.91 Å². The fourth-order valence-electron chi connectivity index (χ4n) is 3.89. The van der Waals surface area contributed by atoms with E-state index in [0.29, 0.717) is 41.0 Å². The van der Waals surface area contributed by atoms with Crippen LogP contribution in [-0.4, -0.2) is 70.9 Å². The van der Waals surface area contributed by atoms with Gasteiger partial charge in [-0.1, -0.05) is 37.6 Å². The van der Waals surface area contributed by atoms with E-state index < -0.39 is 0 Å². The lowest BCUT2D eigenvalue weighted by atomic mass is 10.1. The standard InChI is InChI=1S/C24H31ClN4O4S/c1-15(2)10-29(23(32)19-7-5-6-8-20(19)25)13-21(30)27-24-26-18(14-34-24)9-22(31)28-11-16(3)33-17(4)12-28/h5-8,14-17H,9-13H2,1-4H3,(H,26,27,30)/t16-,17-/m1/s1. The Hall–Kier alpha value is -2.49. The molecule has 2 atom stereocenters. The van der Waals surface area contributed by atoms with Gasteiger partial charge in [-0.05, 0) is 31.9 Å². The number of nitrogens with one attached hydrogen (secondary N) is 1. The molecule has 1 aliphatic rings. The Kier molecular flexibility index (Phi) is 9.04. The maximum Gasteiger partial charge on any atom is 0.255 e. The van der Waals surface area contributed by atoms with Crippen molar-refractivity contribution in [2.24, 2.45) is 5.92 Å². The number of thiazole rings is 1. The number of amides is 3. The monoisotopic (exact) mass is 506 g/mol. The Morgan fingerprint density at radius 2 is 1.91 bits per heavy atom. The summed E-state index contributed by atoms with van der Waals surface area (Å²) in [6.07, 6.45) is 0.163. The van der Waals surface area contributed by atoms with E-state index in [9.17, 15) is 14.4 Å². The Labute approximate surface area is 209 Å². The number of ether oxygens (including phenoxy) is 1. The van der Waals surface area contributed by atoms with Crippen LogP contribution in [0.25, 0.3) is 0 Å². The van der Waals surface area contributed by atoms with E-state index in [0.717, 1.165) is 0 Å². The molecule has 10 heteroatoms. The highest BCUT2D eigenvalue weighted by Crippen LogP contribution is 2.20. The Balaban J connectivity index is 1.59. The lowest BCUT2D eigenvalue weighted by Crippen LogP contribution is -2.48. The molecule has 0 saturated carbocycles. The van der Waals surface area contributed by atoms with E-state index in [4.69, 9.17) is 16.3 Å². The average molecular weight is 507 g/mol. The molecule has 8 nitrogen and oxygen atoms in total. The number of anilines is 1. The van der Waals surface area contributed by atoms with Gasteiger partial charge >= 0.3 is 0 Å². The van der Waals surface area contributed by atoms with Gasteiger partial charge in [-0.2, -0.15) is 0 Å². The number of aromatic nitrogens is 1. The smallest absolute Gasteiger partial charge is 0.255 e. The Morgan fingerprint density at radius 3 is 2.56 bits per heavy atom. The van der Waals surface area contributed by atoms with Crippen LogP contribution in [0.4, 0.5) is 5.13 Å². The van der Waals surface area contributed by atoms with Crippen LogP contribution < -0.4 is 5.32 Å². The first-order chi connectivity index (χ1) is 16.1. The van der Waals surface area contributed by atoms with Crippen molar-refractivity contribution in [2.45, 2.75) is 46.3 Å². The molecule has 0 radical (unpaired) electrons. The second kappa shape index (κ2) is 11.8. The van der Waals surface area contributed by atoms with E-state index in [1.54, 1.807) is 34.5 Å². The van der Waals surface area contributed by atoms with Crippen molar-refractivity contribution in [1.29, 1.82) is 0 Å². The molecule has 0 bridgehead atoms. The number of morpholine rings is 1. The van der Waals surface area contributed by atoms with E-state index in [1.165, 1.54) is 16.2 Å². The van der Waals surface area contributed by atoms with Crippen molar-refractivity contribution < 1.29 is 19.1 Å². The maximum atomic E-state index is 13.0. The second-order valence-corrected chi connectivity index (χ2v) is 10.2. The maximum absolute atomic E-state index is 13.0. The number of rotatable bonds is 8. The zero-order chi connectivity index (χ0) is 24.8. The van der Waals surface area contributed by atoms with Gasteiger partial charge in [0.05, 0.1) is 34.9 Å². The number of carbonyl (C=O) groups is 3. The minimum atomic E-state index is -0.357. The largest absolute Gasteiger partial charge is 0.372 e. The molecule has 34 heavy (non-hydrogen) atoms. The van der Waals surface area contributed by atoms with Crippen molar-refractivity contribution >= 4 is 45.8 Å². The van der Waals surface area contributed by atoms with Crippen molar-refractivity contribution in [2.75, 3.05) is 31.5 Å². The summed E-state index contributed by atoms with van der Waals surface area (Å²) in [6, 6.07) is 6.79. The van der Waals surface area contributed by atoms with Crippen molar-refractivity contribution in [3.63, 3.8) is 0 Å². The molecule has 0 unspecified atom stereocenters. The van der Waals surface area contributed by atoms with Gasteiger partial charge in [-0.3, -0.25) is 14.4 Å². The SMILES string of the molecule is CC(C)CN(CC(=O)Nc1nc(CC(=O)N2C[C@@H](C)O[C@H](C)C2)cs1)C(=O)c1ccccc1Cl. The summed E-state index contributed by atoms with van der Waals surface area (Å²) in [7, 11) is 0. The van der Waals surface area contributed by atoms with E-state index in [1.807, 2.05) is 27.7 Å². The van der Waals surface area contributed by atoms with Gasteiger partial charge in [-0.15, -0.1) is 11.3 Å². The van der Waals surface area contributed by atoms with Crippen molar-refractivity contribution in [3.05, 3.63) is 45.9 Å². The fourth-order valence-corrected chi connectivity index (χ4v) is 4.83. The third-order valence-corrected chi connectivity index (χ3v) is 6.35. The molecule has 0 aliphatic carbocycles. The van der Waals surface area contributed by atoms with Crippen LogP contribution in [-0.2, 0) is 20.7 Å². The van der Waals surface area contributed by atoms with Crippen LogP contribution in [0.15, 0.2) is 29.6 Å². The average Bonchev–Trinajstić information content (AvgIpc) is 3.18. The van der Waals surface area contributed by atoms with Gasteiger partial charge in [0.15, 0.2) is 5.13 Å². The van der Waals surface area contributed by atoms with E-state index >= 15 is 0 Å².